The summed E-state index contributed by atoms with van der Waals surface area (Å²) in [5, 5.41) is 9.89. The number of phenols is 1. The van der Waals surface area contributed by atoms with E-state index in [1.54, 1.807) is 49.4 Å². The van der Waals surface area contributed by atoms with E-state index in [1.165, 1.54) is 0 Å². The Bertz CT molecular complexity index is 931. The van der Waals surface area contributed by atoms with Crippen molar-refractivity contribution in [3.05, 3.63) is 56.4 Å². The lowest BCUT2D eigenvalue weighted by molar-refractivity contribution is -0.113. The van der Waals surface area contributed by atoms with Gasteiger partial charge in [-0.2, -0.15) is 0 Å². The number of rotatable bonds is 4. The summed E-state index contributed by atoms with van der Waals surface area (Å²) >= 11 is 10.2. The third-order valence-corrected chi connectivity index (χ3v) is 5.33. The molecule has 5 nitrogen and oxygen atoms in total. The Morgan fingerprint density at radius 2 is 2.04 bits per heavy atom. The summed E-state index contributed by atoms with van der Waals surface area (Å²) in [6, 6.07) is 9.92. The van der Waals surface area contributed by atoms with Crippen LogP contribution in [0.25, 0.3) is 6.08 Å². The molecule has 3 rings (SSSR count). The number of phenolic OH excluding ortho intramolecular Hbond substituents is 1. The molecule has 2 aromatic rings. The first kappa shape index (κ1) is 18.8. The van der Waals surface area contributed by atoms with Gasteiger partial charge in [-0.05, 0) is 70.5 Å². The summed E-state index contributed by atoms with van der Waals surface area (Å²) in [5.74, 6) is -0.179. The molecule has 1 fully saturated rings. The number of nitrogens with zero attached hydrogens (tertiary/aromatic N) is 1. The van der Waals surface area contributed by atoms with Gasteiger partial charge in [0.15, 0.2) is 11.5 Å². The highest BCUT2D eigenvalue weighted by molar-refractivity contribution is 9.10. The largest absolute Gasteiger partial charge is 0.503 e. The Labute approximate surface area is 167 Å². The van der Waals surface area contributed by atoms with Crippen molar-refractivity contribution in [3.8, 4) is 11.5 Å². The van der Waals surface area contributed by atoms with Gasteiger partial charge in [-0.3, -0.25) is 9.59 Å². The second-order valence-corrected chi connectivity index (χ2v) is 7.51. The molecule has 0 unspecified atom stereocenters. The van der Waals surface area contributed by atoms with Crippen LogP contribution in [0.2, 0.25) is 5.02 Å². The third kappa shape index (κ3) is 3.60. The highest BCUT2D eigenvalue weighted by Crippen LogP contribution is 2.40. The number of amides is 2. The summed E-state index contributed by atoms with van der Waals surface area (Å²) in [6.45, 7) is 2.18. The number of benzene rings is 2. The van der Waals surface area contributed by atoms with E-state index >= 15 is 0 Å². The number of anilines is 1. The van der Waals surface area contributed by atoms with Gasteiger partial charge in [0.1, 0.15) is 0 Å². The molecule has 0 aliphatic carbocycles. The first-order valence-electron chi connectivity index (χ1n) is 7.60. The number of halogens is 2. The average Bonchev–Trinajstić information content (AvgIpc) is 2.87. The second-order valence-electron chi connectivity index (χ2n) is 5.25. The van der Waals surface area contributed by atoms with Crippen molar-refractivity contribution in [1.29, 1.82) is 0 Å². The van der Waals surface area contributed by atoms with Crippen molar-refractivity contribution in [1.82, 2.24) is 0 Å². The Morgan fingerprint density at radius 3 is 2.73 bits per heavy atom. The predicted molar refractivity (Wildman–Crippen MR) is 107 cm³/mol. The SMILES string of the molecule is CCOc1cc(/C=C2\SC(=O)N(c3ccccc3Cl)C2=O)cc(Br)c1O. The van der Waals surface area contributed by atoms with Crippen molar-refractivity contribution >= 4 is 62.2 Å². The van der Waals surface area contributed by atoms with Gasteiger partial charge in [-0.15, -0.1) is 0 Å². The number of aromatic hydroxyl groups is 1. The van der Waals surface area contributed by atoms with Gasteiger partial charge in [0, 0.05) is 0 Å². The van der Waals surface area contributed by atoms with Crippen LogP contribution in [0.4, 0.5) is 10.5 Å². The number of imide groups is 1. The van der Waals surface area contributed by atoms with E-state index in [0.717, 1.165) is 16.7 Å². The van der Waals surface area contributed by atoms with Crippen LogP contribution >= 0.6 is 39.3 Å². The zero-order valence-electron chi connectivity index (χ0n) is 13.5. The van der Waals surface area contributed by atoms with Crippen LogP contribution in [0.3, 0.4) is 0 Å². The predicted octanol–water partition coefficient (Wildman–Crippen LogP) is 5.45. The Balaban J connectivity index is 1.97. The molecule has 2 aromatic carbocycles. The first-order valence-corrected chi connectivity index (χ1v) is 9.59. The lowest BCUT2D eigenvalue weighted by Gasteiger charge is -2.13. The van der Waals surface area contributed by atoms with Crippen LogP contribution in [0, 0.1) is 0 Å². The highest BCUT2D eigenvalue weighted by atomic mass is 79.9. The number of ether oxygens (including phenoxy) is 1. The fraction of sp³-hybridized carbons (Fsp3) is 0.111. The molecule has 0 saturated carbocycles. The van der Waals surface area contributed by atoms with Crippen molar-refractivity contribution in [2.75, 3.05) is 11.5 Å². The van der Waals surface area contributed by atoms with E-state index in [4.69, 9.17) is 16.3 Å². The zero-order chi connectivity index (χ0) is 18.8. The molecule has 2 amide bonds. The molecule has 1 N–H and O–H groups in total. The minimum absolute atomic E-state index is 0.0202. The number of para-hydroxylation sites is 1. The fourth-order valence-electron chi connectivity index (χ4n) is 2.40. The van der Waals surface area contributed by atoms with Gasteiger partial charge < -0.3 is 9.84 Å². The van der Waals surface area contributed by atoms with Crippen LogP contribution < -0.4 is 9.64 Å². The van der Waals surface area contributed by atoms with Crippen LogP contribution in [-0.2, 0) is 4.79 Å². The van der Waals surface area contributed by atoms with Crippen molar-refractivity contribution in [2.24, 2.45) is 0 Å². The minimum Gasteiger partial charge on any atom is -0.503 e. The number of hydrogen-bond donors (Lipinski definition) is 1. The van der Waals surface area contributed by atoms with E-state index in [9.17, 15) is 14.7 Å². The maximum absolute atomic E-state index is 12.7. The number of hydrogen-bond acceptors (Lipinski definition) is 5. The maximum atomic E-state index is 12.7. The van der Waals surface area contributed by atoms with Gasteiger partial charge in [0.25, 0.3) is 11.1 Å². The van der Waals surface area contributed by atoms with Gasteiger partial charge in [0.2, 0.25) is 0 Å². The highest BCUT2D eigenvalue weighted by Gasteiger charge is 2.37. The lowest BCUT2D eigenvalue weighted by atomic mass is 10.2. The van der Waals surface area contributed by atoms with Gasteiger partial charge in [-0.25, -0.2) is 4.90 Å². The van der Waals surface area contributed by atoms with Crippen molar-refractivity contribution < 1.29 is 19.4 Å². The summed E-state index contributed by atoms with van der Waals surface area (Å²) in [4.78, 5) is 26.3. The Morgan fingerprint density at radius 1 is 1.31 bits per heavy atom. The summed E-state index contributed by atoms with van der Waals surface area (Å²) < 4.78 is 5.81. The Hall–Kier alpha value is -1.96. The average molecular weight is 455 g/mol. The quantitative estimate of drug-likeness (QED) is 0.622. The van der Waals surface area contributed by atoms with Gasteiger partial charge in [0.05, 0.1) is 26.7 Å². The molecule has 0 bridgehead atoms. The van der Waals surface area contributed by atoms with Crippen LogP contribution in [0.1, 0.15) is 12.5 Å². The molecule has 1 aliphatic rings. The Kier molecular flexibility index (Phi) is 5.60. The van der Waals surface area contributed by atoms with Crippen molar-refractivity contribution in [2.45, 2.75) is 6.92 Å². The monoisotopic (exact) mass is 453 g/mol. The summed E-state index contributed by atoms with van der Waals surface area (Å²) in [7, 11) is 0. The van der Waals surface area contributed by atoms with E-state index in [2.05, 4.69) is 15.9 Å². The summed E-state index contributed by atoms with van der Waals surface area (Å²) in [6.07, 6.45) is 1.58. The van der Waals surface area contributed by atoms with Gasteiger partial charge in [-0.1, -0.05) is 23.7 Å². The molecule has 26 heavy (non-hydrogen) atoms. The lowest BCUT2D eigenvalue weighted by Crippen LogP contribution is -2.27. The standard InChI is InChI=1S/C18H13BrClNO4S/c1-2-25-14-8-10(7-11(19)16(14)22)9-15-17(23)21(18(24)26-15)13-6-4-3-5-12(13)20/h3-9,22H,2H2,1H3/b15-9-. The molecule has 1 saturated heterocycles. The number of carbonyl (C=O) groups excluding carboxylic acids is 2. The van der Waals surface area contributed by atoms with Crippen LogP contribution in [-0.4, -0.2) is 22.9 Å². The first-order chi connectivity index (χ1) is 12.4. The van der Waals surface area contributed by atoms with Crippen molar-refractivity contribution in [3.63, 3.8) is 0 Å². The second kappa shape index (κ2) is 7.73. The smallest absolute Gasteiger partial charge is 0.298 e. The molecule has 0 radical (unpaired) electrons. The number of thioether (sulfide) groups is 1. The maximum Gasteiger partial charge on any atom is 0.298 e. The summed E-state index contributed by atoms with van der Waals surface area (Å²) in [5.41, 5.74) is 0.963. The van der Waals surface area contributed by atoms with E-state index in [0.29, 0.717) is 33.1 Å². The number of carbonyl (C=O) groups is 2. The third-order valence-electron chi connectivity index (χ3n) is 3.54. The van der Waals surface area contributed by atoms with E-state index in [-0.39, 0.29) is 10.7 Å². The molecule has 0 atom stereocenters. The molecule has 1 aliphatic heterocycles. The molecule has 8 heteroatoms. The molecule has 134 valence electrons. The zero-order valence-corrected chi connectivity index (χ0v) is 16.7. The van der Waals surface area contributed by atoms with Crippen LogP contribution in [0.5, 0.6) is 11.5 Å². The molecular weight excluding hydrogens is 442 g/mol. The molecule has 0 aromatic heterocycles. The van der Waals surface area contributed by atoms with E-state index in [1.807, 2.05) is 0 Å². The fourth-order valence-corrected chi connectivity index (χ4v) is 3.92. The molecular formula is C18H13BrClNO4S. The van der Waals surface area contributed by atoms with Gasteiger partial charge >= 0.3 is 0 Å². The molecule has 1 heterocycles. The van der Waals surface area contributed by atoms with Crippen LogP contribution in [0.15, 0.2) is 45.8 Å². The normalized spacial score (nSPS) is 15.8. The topological polar surface area (TPSA) is 66.8 Å². The minimum atomic E-state index is -0.449. The van der Waals surface area contributed by atoms with E-state index < -0.39 is 11.1 Å². The molecule has 0 spiro atoms.